The second-order valence-electron chi connectivity index (χ2n) is 9.15. The van der Waals surface area contributed by atoms with Crippen molar-refractivity contribution in [2.45, 2.75) is 45.1 Å². The predicted octanol–water partition coefficient (Wildman–Crippen LogP) is 2.16. The Morgan fingerprint density at radius 3 is 2.29 bits per heavy atom. The van der Waals surface area contributed by atoms with E-state index in [4.69, 9.17) is 0 Å². The lowest BCUT2D eigenvalue weighted by molar-refractivity contribution is -0.138. The van der Waals surface area contributed by atoms with Crippen LogP contribution >= 0.6 is 0 Å². The van der Waals surface area contributed by atoms with Crippen molar-refractivity contribution in [1.82, 2.24) is 14.7 Å². The van der Waals surface area contributed by atoms with E-state index in [1.54, 1.807) is 4.90 Å². The second-order valence-corrected chi connectivity index (χ2v) is 9.15. The van der Waals surface area contributed by atoms with Gasteiger partial charge in [0.1, 0.15) is 0 Å². The number of piperazine rings is 1. The van der Waals surface area contributed by atoms with Gasteiger partial charge in [-0.25, -0.2) is 0 Å². The highest BCUT2D eigenvalue weighted by Crippen LogP contribution is 2.24. The van der Waals surface area contributed by atoms with Crippen LogP contribution in [0.5, 0.6) is 0 Å². The van der Waals surface area contributed by atoms with Gasteiger partial charge in [0.25, 0.3) is 0 Å². The maximum absolute atomic E-state index is 12.6. The summed E-state index contributed by atoms with van der Waals surface area (Å²) in [6, 6.07) is 9.09. The molecule has 3 rings (SSSR count). The zero-order valence-corrected chi connectivity index (χ0v) is 17.7. The number of carbonyl (C=O) groups excluding carboxylic acids is 2. The zero-order valence-electron chi connectivity index (χ0n) is 17.7. The van der Waals surface area contributed by atoms with Crippen molar-refractivity contribution >= 4 is 17.5 Å². The molecule has 28 heavy (non-hydrogen) atoms. The van der Waals surface area contributed by atoms with Gasteiger partial charge in [-0.1, -0.05) is 32.9 Å². The number of carbonyl (C=O) groups is 2. The summed E-state index contributed by atoms with van der Waals surface area (Å²) in [5, 5.41) is 3.61. The molecule has 2 aliphatic heterocycles. The van der Waals surface area contributed by atoms with Gasteiger partial charge in [-0.05, 0) is 36.0 Å². The molecule has 2 amide bonds. The van der Waals surface area contributed by atoms with Crippen LogP contribution in [0, 0.1) is 0 Å². The van der Waals surface area contributed by atoms with Gasteiger partial charge in [0.2, 0.25) is 11.8 Å². The van der Waals surface area contributed by atoms with Gasteiger partial charge in [0.05, 0.1) is 13.1 Å². The van der Waals surface area contributed by atoms with E-state index in [-0.39, 0.29) is 17.2 Å². The molecule has 6 nitrogen and oxygen atoms in total. The molecule has 0 atom stereocenters. The van der Waals surface area contributed by atoms with Crippen molar-refractivity contribution in [3.63, 3.8) is 0 Å². The lowest BCUT2D eigenvalue weighted by atomic mass is 9.87. The van der Waals surface area contributed by atoms with E-state index in [0.29, 0.717) is 25.7 Å². The largest absolute Gasteiger partial charge is 0.382 e. The van der Waals surface area contributed by atoms with Crippen LogP contribution in [0.15, 0.2) is 24.3 Å². The fraction of sp³-hybridized carbons (Fsp3) is 0.636. The van der Waals surface area contributed by atoms with Gasteiger partial charge in [-0.3, -0.25) is 14.5 Å². The van der Waals surface area contributed by atoms with Gasteiger partial charge in [0, 0.05) is 45.0 Å². The van der Waals surface area contributed by atoms with Crippen LogP contribution < -0.4 is 5.32 Å². The molecule has 0 bridgehead atoms. The third-order valence-electron chi connectivity index (χ3n) is 5.86. The second kappa shape index (κ2) is 8.52. The molecule has 1 N–H and O–H groups in total. The van der Waals surface area contributed by atoms with Crippen LogP contribution in [-0.2, 0) is 15.0 Å². The minimum absolute atomic E-state index is 0.0967. The van der Waals surface area contributed by atoms with Crippen molar-refractivity contribution in [1.29, 1.82) is 0 Å². The Morgan fingerprint density at radius 1 is 1.07 bits per heavy atom. The van der Waals surface area contributed by atoms with E-state index in [0.717, 1.165) is 38.2 Å². The fourth-order valence-electron chi connectivity index (χ4n) is 3.81. The van der Waals surface area contributed by atoms with Crippen molar-refractivity contribution in [3.8, 4) is 0 Å². The van der Waals surface area contributed by atoms with Crippen molar-refractivity contribution in [3.05, 3.63) is 29.8 Å². The molecule has 6 heteroatoms. The number of hydrogen-bond acceptors (Lipinski definition) is 4. The Hall–Kier alpha value is -2.08. The predicted molar refractivity (Wildman–Crippen MR) is 112 cm³/mol. The van der Waals surface area contributed by atoms with Crippen LogP contribution in [0.4, 0.5) is 5.69 Å². The Balaban J connectivity index is 1.44. The average molecular weight is 387 g/mol. The van der Waals surface area contributed by atoms with Crippen LogP contribution in [0.3, 0.4) is 0 Å². The van der Waals surface area contributed by atoms with Crippen LogP contribution in [-0.4, -0.2) is 78.9 Å². The Labute approximate surface area is 168 Å². The number of nitrogens with zero attached hydrogens (tertiary/aromatic N) is 3. The van der Waals surface area contributed by atoms with Crippen LogP contribution in [0.25, 0.3) is 0 Å². The maximum Gasteiger partial charge on any atom is 0.236 e. The van der Waals surface area contributed by atoms with E-state index < -0.39 is 0 Å². The molecule has 0 unspecified atom stereocenters. The summed E-state index contributed by atoms with van der Waals surface area (Å²) in [5.41, 5.74) is 2.65. The Morgan fingerprint density at radius 2 is 1.71 bits per heavy atom. The van der Waals surface area contributed by atoms with Gasteiger partial charge in [0.15, 0.2) is 0 Å². The number of amides is 2. The van der Waals surface area contributed by atoms with Gasteiger partial charge in [-0.15, -0.1) is 0 Å². The molecule has 1 aromatic rings. The number of piperidine rings is 1. The highest BCUT2D eigenvalue weighted by Gasteiger charge is 2.27. The van der Waals surface area contributed by atoms with Gasteiger partial charge in [-0.2, -0.15) is 0 Å². The smallest absolute Gasteiger partial charge is 0.236 e. The molecule has 2 aliphatic rings. The summed E-state index contributed by atoms with van der Waals surface area (Å²) in [6.45, 7) is 10.4. The van der Waals surface area contributed by atoms with E-state index in [1.165, 1.54) is 5.56 Å². The summed E-state index contributed by atoms with van der Waals surface area (Å²) in [4.78, 5) is 30.0. The SMILES string of the molecule is CN1CCN(CC(=O)N2CCC(Nc3ccc(C(C)(C)C)cc3)CC2)CC1=O. The third-order valence-corrected chi connectivity index (χ3v) is 5.86. The molecule has 0 aliphatic carbocycles. The van der Waals surface area contributed by atoms with E-state index in [1.807, 2.05) is 16.8 Å². The quantitative estimate of drug-likeness (QED) is 0.862. The molecule has 0 aromatic heterocycles. The highest BCUT2D eigenvalue weighted by molar-refractivity contribution is 5.82. The average Bonchev–Trinajstić information content (AvgIpc) is 2.65. The highest BCUT2D eigenvalue weighted by atomic mass is 16.2. The van der Waals surface area contributed by atoms with Gasteiger partial charge < -0.3 is 15.1 Å². The minimum Gasteiger partial charge on any atom is -0.382 e. The number of rotatable bonds is 4. The summed E-state index contributed by atoms with van der Waals surface area (Å²) < 4.78 is 0. The minimum atomic E-state index is 0.0967. The monoisotopic (exact) mass is 386 g/mol. The fourth-order valence-corrected chi connectivity index (χ4v) is 3.81. The summed E-state index contributed by atoms with van der Waals surface area (Å²) >= 11 is 0. The van der Waals surface area contributed by atoms with E-state index in [9.17, 15) is 9.59 Å². The molecule has 2 fully saturated rings. The molecule has 0 saturated carbocycles. The number of likely N-dealkylation sites (N-methyl/N-ethyl adjacent to an activating group) is 1. The normalized spacial score (nSPS) is 19.8. The molecule has 1 aromatic carbocycles. The first kappa shape index (κ1) is 20.6. The number of hydrogen-bond donors (Lipinski definition) is 1. The molecule has 2 heterocycles. The standard InChI is InChI=1S/C22H34N4O2/c1-22(2,3)17-5-7-18(8-6-17)23-19-9-11-26(12-10-19)21(28)16-25-14-13-24(4)20(27)15-25/h5-8,19,23H,9-16H2,1-4H3. The van der Waals surface area contributed by atoms with E-state index >= 15 is 0 Å². The first-order valence-corrected chi connectivity index (χ1v) is 10.3. The molecular formula is C22H34N4O2. The first-order valence-electron chi connectivity index (χ1n) is 10.3. The Kier molecular flexibility index (Phi) is 6.28. The summed E-state index contributed by atoms with van der Waals surface area (Å²) in [6.07, 6.45) is 1.91. The first-order chi connectivity index (χ1) is 13.2. The van der Waals surface area contributed by atoms with Crippen molar-refractivity contribution in [2.75, 3.05) is 51.6 Å². The van der Waals surface area contributed by atoms with Crippen molar-refractivity contribution in [2.24, 2.45) is 0 Å². The number of nitrogens with one attached hydrogen (secondary N) is 1. The lowest BCUT2D eigenvalue weighted by Crippen LogP contribution is -2.52. The third kappa shape index (κ3) is 5.25. The maximum atomic E-state index is 12.6. The summed E-state index contributed by atoms with van der Waals surface area (Å²) in [7, 11) is 1.82. The summed E-state index contributed by atoms with van der Waals surface area (Å²) in [5.74, 6) is 0.241. The van der Waals surface area contributed by atoms with Gasteiger partial charge >= 0.3 is 0 Å². The molecule has 2 saturated heterocycles. The topological polar surface area (TPSA) is 55.9 Å². The van der Waals surface area contributed by atoms with Crippen LogP contribution in [0.2, 0.25) is 0 Å². The van der Waals surface area contributed by atoms with Crippen molar-refractivity contribution < 1.29 is 9.59 Å². The Bertz CT molecular complexity index is 687. The molecule has 0 spiro atoms. The zero-order chi connectivity index (χ0) is 20.3. The molecular weight excluding hydrogens is 352 g/mol. The number of anilines is 1. The van der Waals surface area contributed by atoms with E-state index in [2.05, 4.69) is 50.4 Å². The number of likely N-dealkylation sites (tertiary alicyclic amines) is 1. The molecule has 154 valence electrons. The molecule has 0 radical (unpaired) electrons. The van der Waals surface area contributed by atoms with Crippen LogP contribution in [0.1, 0.15) is 39.2 Å². The number of benzene rings is 1. The lowest BCUT2D eigenvalue weighted by Gasteiger charge is -2.36.